The van der Waals surface area contributed by atoms with Gasteiger partial charge in [-0.1, -0.05) is 24.3 Å². The van der Waals surface area contributed by atoms with E-state index < -0.39 is 0 Å². The maximum atomic E-state index is 5.44. The lowest BCUT2D eigenvalue weighted by atomic mass is 10.2. The number of rotatable bonds is 6. The number of nitrogens with zero attached hydrogens (tertiary/aromatic N) is 2. The minimum atomic E-state index is 0.197. The zero-order valence-electron chi connectivity index (χ0n) is 12.1. The Balaban J connectivity index is 2.37. The highest BCUT2D eigenvalue weighted by Gasteiger charge is 2.17. The van der Waals surface area contributed by atoms with Crippen molar-refractivity contribution in [3.8, 4) is 22.1 Å². The Labute approximate surface area is 123 Å². The van der Waals surface area contributed by atoms with E-state index in [0.717, 1.165) is 22.1 Å². The predicted molar refractivity (Wildman–Crippen MR) is 80.5 cm³/mol. The number of benzene rings is 1. The van der Waals surface area contributed by atoms with Crippen molar-refractivity contribution in [2.24, 2.45) is 0 Å². The molecule has 2 rings (SSSR count). The SMILES string of the molecule is CCNC(C)c1nnc(-c2cccc(OC)c2OC)s1. The van der Waals surface area contributed by atoms with Gasteiger partial charge >= 0.3 is 0 Å². The quantitative estimate of drug-likeness (QED) is 0.887. The van der Waals surface area contributed by atoms with Crippen LogP contribution < -0.4 is 14.8 Å². The van der Waals surface area contributed by atoms with Crippen molar-refractivity contribution in [1.29, 1.82) is 0 Å². The fourth-order valence-electron chi connectivity index (χ4n) is 1.97. The predicted octanol–water partition coefficient (Wildman–Crippen LogP) is 2.89. The molecule has 1 aromatic carbocycles. The summed E-state index contributed by atoms with van der Waals surface area (Å²) < 4.78 is 10.7. The molecule has 20 heavy (non-hydrogen) atoms. The smallest absolute Gasteiger partial charge is 0.171 e. The van der Waals surface area contributed by atoms with Gasteiger partial charge in [-0.15, -0.1) is 10.2 Å². The van der Waals surface area contributed by atoms with Crippen LogP contribution in [-0.4, -0.2) is 31.0 Å². The van der Waals surface area contributed by atoms with Crippen molar-refractivity contribution in [3.05, 3.63) is 23.2 Å². The number of para-hydroxylation sites is 1. The summed E-state index contributed by atoms with van der Waals surface area (Å²) in [6, 6.07) is 5.95. The van der Waals surface area contributed by atoms with Crippen molar-refractivity contribution in [1.82, 2.24) is 15.5 Å². The molecule has 1 heterocycles. The van der Waals surface area contributed by atoms with E-state index in [2.05, 4.69) is 29.4 Å². The third kappa shape index (κ3) is 2.91. The summed E-state index contributed by atoms with van der Waals surface area (Å²) in [5.41, 5.74) is 0.902. The third-order valence-electron chi connectivity index (χ3n) is 2.95. The third-order valence-corrected chi connectivity index (χ3v) is 4.09. The van der Waals surface area contributed by atoms with Gasteiger partial charge in [0, 0.05) is 0 Å². The molecule has 0 aliphatic carbocycles. The fraction of sp³-hybridized carbons (Fsp3) is 0.429. The second kappa shape index (κ2) is 6.67. The Morgan fingerprint density at radius 2 is 2.05 bits per heavy atom. The minimum Gasteiger partial charge on any atom is -0.493 e. The number of aromatic nitrogens is 2. The fourth-order valence-corrected chi connectivity index (χ4v) is 2.86. The second-order valence-corrected chi connectivity index (χ2v) is 5.27. The Hall–Kier alpha value is -1.66. The summed E-state index contributed by atoms with van der Waals surface area (Å²) in [7, 11) is 3.25. The molecule has 0 amide bonds. The van der Waals surface area contributed by atoms with Crippen molar-refractivity contribution >= 4 is 11.3 Å². The Morgan fingerprint density at radius 3 is 2.70 bits per heavy atom. The van der Waals surface area contributed by atoms with Crippen molar-refractivity contribution in [2.45, 2.75) is 19.9 Å². The van der Waals surface area contributed by atoms with Gasteiger partial charge in [0.2, 0.25) is 0 Å². The molecule has 0 aliphatic rings. The van der Waals surface area contributed by atoms with E-state index >= 15 is 0 Å². The highest BCUT2D eigenvalue weighted by atomic mass is 32.1. The monoisotopic (exact) mass is 293 g/mol. The summed E-state index contributed by atoms with van der Waals surface area (Å²) in [6.07, 6.45) is 0. The first-order valence-electron chi connectivity index (χ1n) is 6.49. The molecule has 5 nitrogen and oxygen atoms in total. The molecule has 0 bridgehead atoms. The first-order chi connectivity index (χ1) is 9.71. The van der Waals surface area contributed by atoms with Crippen LogP contribution in [0.25, 0.3) is 10.6 Å². The average molecular weight is 293 g/mol. The van der Waals surface area contributed by atoms with E-state index in [4.69, 9.17) is 9.47 Å². The first-order valence-corrected chi connectivity index (χ1v) is 7.31. The normalized spacial score (nSPS) is 12.2. The van der Waals surface area contributed by atoms with E-state index in [1.165, 1.54) is 0 Å². The number of hydrogen-bond donors (Lipinski definition) is 1. The zero-order chi connectivity index (χ0) is 14.5. The van der Waals surface area contributed by atoms with Crippen LogP contribution in [0, 0.1) is 0 Å². The molecule has 0 spiro atoms. The van der Waals surface area contributed by atoms with Crippen LogP contribution in [0.15, 0.2) is 18.2 Å². The highest BCUT2D eigenvalue weighted by Crippen LogP contribution is 2.39. The molecule has 0 saturated carbocycles. The Morgan fingerprint density at radius 1 is 1.25 bits per heavy atom. The molecular weight excluding hydrogens is 274 g/mol. The molecule has 1 aromatic heterocycles. The Bertz CT molecular complexity index is 571. The molecule has 2 aromatic rings. The largest absolute Gasteiger partial charge is 0.493 e. The van der Waals surface area contributed by atoms with Crippen LogP contribution in [0.1, 0.15) is 24.9 Å². The van der Waals surface area contributed by atoms with Crippen molar-refractivity contribution in [2.75, 3.05) is 20.8 Å². The van der Waals surface area contributed by atoms with E-state index in [9.17, 15) is 0 Å². The van der Waals surface area contributed by atoms with E-state index in [0.29, 0.717) is 11.5 Å². The molecule has 0 radical (unpaired) electrons. The zero-order valence-corrected chi connectivity index (χ0v) is 13.0. The van der Waals surface area contributed by atoms with Gasteiger partial charge in [0.1, 0.15) is 5.01 Å². The molecule has 0 fully saturated rings. The molecular formula is C14H19N3O2S. The summed E-state index contributed by atoms with van der Waals surface area (Å²) in [5, 5.41) is 13.6. The van der Waals surface area contributed by atoms with Crippen LogP contribution in [0.4, 0.5) is 0 Å². The standard InChI is InChI=1S/C14H19N3O2S/c1-5-15-9(2)13-16-17-14(20-13)10-7-6-8-11(18-3)12(10)19-4/h6-9,15H,5H2,1-4H3. The van der Waals surface area contributed by atoms with Gasteiger partial charge in [-0.05, 0) is 25.6 Å². The molecule has 0 aliphatic heterocycles. The van der Waals surface area contributed by atoms with Crippen LogP contribution >= 0.6 is 11.3 Å². The molecule has 1 unspecified atom stereocenters. The van der Waals surface area contributed by atoms with Crippen molar-refractivity contribution < 1.29 is 9.47 Å². The maximum absolute atomic E-state index is 5.44. The average Bonchev–Trinajstić information content (AvgIpc) is 2.96. The summed E-state index contributed by atoms with van der Waals surface area (Å²) in [5.74, 6) is 1.38. The number of nitrogens with one attached hydrogen (secondary N) is 1. The highest BCUT2D eigenvalue weighted by molar-refractivity contribution is 7.14. The van der Waals surface area contributed by atoms with Gasteiger partial charge in [0.05, 0.1) is 25.8 Å². The van der Waals surface area contributed by atoms with Crippen LogP contribution in [0.3, 0.4) is 0 Å². The maximum Gasteiger partial charge on any atom is 0.171 e. The topological polar surface area (TPSA) is 56.3 Å². The summed E-state index contributed by atoms with van der Waals surface area (Å²) in [4.78, 5) is 0. The van der Waals surface area contributed by atoms with E-state index in [1.54, 1.807) is 25.6 Å². The van der Waals surface area contributed by atoms with Gasteiger partial charge in [-0.25, -0.2) is 0 Å². The Kier molecular flexibility index (Phi) is 4.92. The lowest BCUT2D eigenvalue weighted by Gasteiger charge is -2.10. The van der Waals surface area contributed by atoms with Gasteiger partial charge in [-0.2, -0.15) is 0 Å². The molecule has 6 heteroatoms. The van der Waals surface area contributed by atoms with Crippen molar-refractivity contribution in [3.63, 3.8) is 0 Å². The summed E-state index contributed by atoms with van der Waals surface area (Å²) >= 11 is 1.56. The number of methoxy groups -OCH3 is 2. The minimum absolute atomic E-state index is 0.197. The molecule has 108 valence electrons. The van der Waals surface area contributed by atoms with Gasteiger partial charge in [0.15, 0.2) is 16.5 Å². The van der Waals surface area contributed by atoms with Crippen LogP contribution in [0.5, 0.6) is 11.5 Å². The van der Waals surface area contributed by atoms with Gasteiger partial charge < -0.3 is 14.8 Å². The summed E-state index contributed by atoms with van der Waals surface area (Å²) in [6.45, 7) is 5.05. The molecule has 1 atom stereocenters. The van der Waals surface area contributed by atoms with Gasteiger partial charge in [-0.3, -0.25) is 0 Å². The van der Waals surface area contributed by atoms with Crippen LogP contribution in [0.2, 0.25) is 0 Å². The van der Waals surface area contributed by atoms with E-state index in [-0.39, 0.29) is 6.04 Å². The molecule has 1 N–H and O–H groups in total. The molecule has 0 saturated heterocycles. The lowest BCUT2D eigenvalue weighted by Crippen LogP contribution is -2.17. The number of hydrogen-bond acceptors (Lipinski definition) is 6. The van der Waals surface area contributed by atoms with Gasteiger partial charge in [0.25, 0.3) is 0 Å². The van der Waals surface area contributed by atoms with Crippen LogP contribution in [-0.2, 0) is 0 Å². The lowest BCUT2D eigenvalue weighted by molar-refractivity contribution is 0.356. The van der Waals surface area contributed by atoms with E-state index in [1.807, 2.05) is 18.2 Å². The number of ether oxygens (including phenoxy) is 2. The first kappa shape index (κ1) is 14.7. The second-order valence-electron chi connectivity index (χ2n) is 4.27.